The summed E-state index contributed by atoms with van der Waals surface area (Å²) in [4.78, 5) is 0.0163. The SMILES string of the molecule is IB1OCCO1. The Hall–Kier alpha value is 0.715. The van der Waals surface area contributed by atoms with E-state index in [0.29, 0.717) is 0 Å². The summed E-state index contributed by atoms with van der Waals surface area (Å²) in [5, 5.41) is 0. The number of rotatable bonds is 0. The van der Waals surface area contributed by atoms with E-state index >= 15 is 0 Å². The van der Waals surface area contributed by atoms with Gasteiger partial charge in [-0.1, -0.05) is 22.4 Å². The van der Waals surface area contributed by atoms with Crippen LogP contribution in [0.3, 0.4) is 0 Å². The van der Waals surface area contributed by atoms with Crippen molar-refractivity contribution in [2.45, 2.75) is 0 Å². The number of hydrogen-bond donors (Lipinski definition) is 0. The summed E-state index contributed by atoms with van der Waals surface area (Å²) in [5.41, 5.74) is 0. The van der Waals surface area contributed by atoms with Crippen LogP contribution >= 0.6 is 22.4 Å². The molecule has 0 unspecified atom stereocenters. The molecular formula is C2H4BIO2. The van der Waals surface area contributed by atoms with Crippen molar-refractivity contribution in [2.24, 2.45) is 0 Å². The second kappa shape index (κ2) is 2.13. The van der Waals surface area contributed by atoms with E-state index in [1.165, 1.54) is 0 Å². The molecule has 6 heavy (non-hydrogen) atoms. The maximum Gasteiger partial charge on any atom is 0.532 e. The zero-order valence-corrected chi connectivity index (χ0v) is 5.34. The van der Waals surface area contributed by atoms with Crippen molar-refractivity contribution in [2.75, 3.05) is 13.2 Å². The molecule has 1 aliphatic heterocycles. The van der Waals surface area contributed by atoms with Crippen LogP contribution in [0.15, 0.2) is 0 Å². The fraction of sp³-hybridized carbons (Fsp3) is 1.00. The Morgan fingerprint density at radius 3 is 2.00 bits per heavy atom. The molecule has 0 spiro atoms. The van der Waals surface area contributed by atoms with Crippen molar-refractivity contribution in [3.63, 3.8) is 0 Å². The first-order valence-electron chi connectivity index (χ1n) is 1.77. The lowest BCUT2D eigenvalue weighted by molar-refractivity contribution is 0.365. The largest absolute Gasteiger partial charge is 0.532 e. The predicted octanol–water partition coefficient (Wildman–Crippen LogP) is 0.453. The summed E-state index contributed by atoms with van der Waals surface area (Å²) in [6.45, 7) is 1.52. The molecule has 0 atom stereocenters. The molecular weight excluding hydrogens is 194 g/mol. The average molecular weight is 198 g/mol. The first-order chi connectivity index (χ1) is 2.89. The first kappa shape index (κ1) is 4.86. The van der Waals surface area contributed by atoms with E-state index in [4.69, 9.17) is 9.31 Å². The van der Waals surface area contributed by atoms with E-state index in [1.807, 2.05) is 0 Å². The third-order valence-corrected chi connectivity index (χ3v) is 1.30. The quantitative estimate of drug-likeness (QED) is 0.415. The Morgan fingerprint density at radius 1 is 1.33 bits per heavy atom. The van der Waals surface area contributed by atoms with Gasteiger partial charge >= 0.3 is 4.97 Å². The molecule has 0 radical (unpaired) electrons. The lowest BCUT2D eigenvalue weighted by Crippen LogP contribution is -2.00. The summed E-state index contributed by atoms with van der Waals surface area (Å²) in [6, 6.07) is 0. The zero-order valence-electron chi connectivity index (χ0n) is 3.19. The molecule has 2 nitrogen and oxygen atoms in total. The van der Waals surface area contributed by atoms with Gasteiger partial charge in [-0.25, -0.2) is 0 Å². The van der Waals surface area contributed by atoms with Crippen molar-refractivity contribution in [1.29, 1.82) is 0 Å². The lowest BCUT2D eigenvalue weighted by atomic mass is 10.4. The third kappa shape index (κ3) is 1.09. The van der Waals surface area contributed by atoms with E-state index < -0.39 is 0 Å². The van der Waals surface area contributed by atoms with Crippen LogP contribution in [0.1, 0.15) is 0 Å². The molecule has 0 saturated carbocycles. The fourth-order valence-corrected chi connectivity index (χ4v) is 0.838. The third-order valence-electron chi connectivity index (χ3n) is 0.581. The second-order valence-corrected chi connectivity index (χ2v) is 2.03. The molecule has 1 fully saturated rings. The minimum atomic E-state index is 0.0163. The molecule has 34 valence electrons. The van der Waals surface area contributed by atoms with Crippen LogP contribution in [-0.2, 0) is 9.31 Å². The first-order valence-corrected chi connectivity index (χ1v) is 3.01. The van der Waals surface area contributed by atoms with Gasteiger partial charge in [0.2, 0.25) is 0 Å². The Balaban J connectivity index is 2.18. The maximum atomic E-state index is 4.92. The van der Waals surface area contributed by atoms with Gasteiger partial charge in [0.25, 0.3) is 0 Å². The van der Waals surface area contributed by atoms with Gasteiger partial charge in [-0.05, 0) is 0 Å². The van der Waals surface area contributed by atoms with E-state index in [1.54, 1.807) is 0 Å². The molecule has 1 saturated heterocycles. The van der Waals surface area contributed by atoms with Crippen LogP contribution in [0.25, 0.3) is 0 Å². The average Bonchev–Trinajstić information content (AvgIpc) is 1.86. The van der Waals surface area contributed by atoms with Gasteiger partial charge < -0.3 is 9.31 Å². The monoisotopic (exact) mass is 198 g/mol. The molecule has 0 aromatic heterocycles. The molecule has 0 aromatic carbocycles. The van der Waals surface area contributed by atoms with Gasteiger partial charge in [0.05, 0.1) is 13.2 Å². The topological polar surface area (TPSA) is 18.5 Å². The maximum absolute atomic E-state index is 4.92. The molecule has 0 aromatic rings. The molecule has 0 amide bonds. The van der Waals surface area contributed by atoms with Gasteiger partial charge in [0.15, 0.2) is 0 Å². The van der Waals surface area contributed by atoms with Crippen LogP contribution in [0.4, 0.5) is 0 Å². The smallest absolute Gasteiger partial charge is 0.400 e. The lowest BCUT2D eigenvalue weighted by Gasteiger charge is -1.85. The second-order valence-electron chi connectivity index (χ2n) is 1.02. The summed E-state index contributed by atoms with van der Waals surface area (Å²) < 4.78 is 9.83. The molecule has 0 aliphatic carbocycles. The van der Waals surface area contributed by atoms with Gasteiger partial charge in [-0.15, -0.1) is 0 Å². The van der Waals surface area contributed by atoms with Crippen LogP contribution in [-0.4, -0.2) is 18.2 Å². The van der Waals surface area contributed by atoms with Crippen molar-refractivity contribution in [1.82, 2.24) is 0 Å². The van der Waals surface area contributed by atoms with Crippen molar-refractivity contribution in [3.05, 3.63) is 0 Å². The Morgan fingerprint density at radius 2 is 1.83 bits per heavy atom. The zero-order chi connectivity index (χ0) is 4.41. The molecule has 0 bridgehead atoms. The van der Waals surface area contributed by atoms with Crippen molar-refractivity contribution < 1.29 is 9.31 Å². The normalized spacial score (nSPS) is 22.5. The fourth-order valence-electron chi connectivity index (χ4n) is 0.330. The highest BCUT2D eigenvalue weighted by Crippen LogP contribution is 2.04. The molecule has 1 heterocycles. The summed E-state index contributed by atoms with van der Waals surface area (Å²) in [6.07, 6.45) is 0. The van der Waals surface area contributed by atoms with Crippen LogP contribution < -0.4 is 0 Å². The summed E-state index contributed by atoms with van der Waals surface area (Å²) >= 11 is 2.09. The standard InChI is InChI=1S/C2H4BIO2/c4-3-5-1-2-6-3/h1-2H2. The van der Waals surface area contributed by atoms with Crippen LogP contribution in [0.5, 0.6) is 0 Å². The van der Waals surface area contributed by atoms with Gasteiger partial charge in [-0.3, -0.25) is 0 Å². The van der Waals surface area contributed by atoms with Gasteiger partial charge in [-0.2, -0.15) is 0 Å². The Bertz CT molecular complexity index is 44.8. The van der Waals surface area contributed by atoms with E-state index in [9.17, 15) is 0 Å². The van der Waals surface area contributed by atoms with Crippen molar-refractivity contribution >= 4 is 27.3 Å². The van der Waals surface area contributed by atoms with Crippen molar-refractivity contribution in [3.8, 4) is 0 Å². The molecule has 1 rings (SSSR count). The Labute approximate surface area is 50.2 Å². The summed E-state index contributed by atoms with van der Waals surface area (Å²) in [7, 11) is 0. The highest BCUT2D eigenvalue weighted by molar-refractivity contribution is 14.1. The van der Waals surface area contributed by atoms with E-state index in [2.05, 4.69) is 22.4 Å². The molecule has 0 N–H and O–H groups in total. The van der Waals surface area contributed by atoms with Crippen LogP contribution in [0.2, 0.25) is 0 Å². The van der Waals surface area contributed by atoms with Crippen LogP contribution in [0, 0.1) is 0 Å². The highest BCUT2D eigenvalue weighted by atomic mass is 127. The molecule has 1 aliphatic rings. The minimum Gasteiger partial charge on any atom is -0.400 e. The van der Waals surface area contributed by atoms with E-state index in [-0.39, 0.29) is 4.97 Å². The molecule has 4 heteroatoms. The number of hydrogen-bond acceptors (Lipinski definition) is 2. The minimum absolute atomic E-state index is 0.0163. The predicted molar refractivity (Wildman–Crippen MR) is 31.7 cm³/mol. The van der Waals surface area contributed by atoms with E-state index in [0.717, 1.165) is 13.2 Å². The number of halogens is 1. The Kier molecular flexibility index (Phi) is 1.73. The van der Waals surface area contributed by atoms with Gasteiger partial charge in [0.1, 0.15) is 0 Å². The van der Waals surface area contributed by atoms with Gasteiger partial charge in [0, 0.05) is 0 Å². The summed E-state index contributed by atoms with van der Waals surface area (Å²) in [5.74, 6) is 0. The highest BCUT2D eigenvalue weighted by Gasteiger charge is 2.17.